The number of aliphatic carboxylic acids is 1. The molecule has 0 fully saturated rings. The molecule has 3 aromatic rings. The number of ether oxygens (including phenoxy) is 2. The van der Waals surface area contributed by atoms with Crippen LogP contribution in [0.25, 0.3) is 17.1 Å². The van der Waals surface area contributed by atoms with Gasteiger partial charge in [-0.05, 0) is 30.3 Å². The first-order valence-electron chi connectivity index (χ1n) is 7.59. The van der Waals surface area contributed by atoms with E-state index in [4.69, 9.17) is 14.6 Å². The van der Waals surface area contributed by atoms with Gasteiger partial charge >= 0.3 is 12.0 Å². The Bertz CT molecular complexity index is 1130. The Morgan fingerprint density at radius 2 is 1.89 bits per heavy atom. The van der Waals surface area contributed by atoms with Gasteiger partial charge < -0.3 is 14.6 Å². The van der Waals surface area contributed by atoms with Crippen LogP contribution >= 0.6 is 0 Å². The molecule has 27 heavy (non-hydrogen) atoms. The molecule has 0 aliphatic rings. The van der Waals surface area contributed by atoms with Crippen molar-refractivity contribution in [1.82, 2.24) is 13.9 Å². The lowest BCUT2D eigenvalue weighted by Crippen LogP contribution is -2.12. The number of methoxy groups -OCH3 is 2. The Morgan fingerprint density at radius 1 is 1.19 bits per heavy atom. The molecule has 9 nitrogen and oxygen atoms in total. The molecule has 0 aliphatic heterocycles. The monoisotopic (exact) mass is 389 g/mol. The molecule has 0 spiro atoms. The maximum Gasteiger partial charge on any atom is 0.328 e. The van der Waals surface area contributed by atoms with Crippen LogP contribution in [0.1, 0.15) is 5.56 Å². The van der Waals surface area contributed by atoms with E-state index in [0.29, 0.717) is 16.7 Å². The second-order valence-corrected chi connectivity index (χ2v) is 7.14. The number of nitrogens with zero attached hydrogens (tertiary/aromatic N) is 3. The van der Waals surface area contributed by atoms with Crippen LogP contribution in [0.3, 0.4) is 0 Å². The van der Waals surface area contributed by atoms with Crippen molar-refractivity contribution in [3.8, 4) is 11.8 Å². The second-order valence-electron chi connectivity index (χ2n) is 5.33. The zero-order valence-electron chi connectivity index (χ0n) is 14.4. The first-order valence-corrected chi connectivity index (χ1v) is 9.03. The summed E-state index contributed by atoms with van der Waals surface area (Å²) in [5.74, 6) is -0.649. The molecule has 1 N–H and O–H groups in total. The Labute approximate surface area is 154 Å². The van der Waals surface area contributed by atoms with Crippen molar-refractivity contribution in [3.05, 3.63) is 48.3 Å². The van der Waals surface area contributed by atoms with Crippen molar-refractivity contribution in [2.24, 2.45) is 0 Å². The highest BCUT2D eigenvalue weighted by atomic mass is 32.2. The van der Waals surface area contributed by atoms with Crippen LogP contribution in [-0.4, -0.2) is 47.7 Å². The molecule has 3 rings (SSSR count). The Balaban J connectivity index is 2.23. The average Bonchev–Trinajstić information content (AvgIpc) is 3.05. The lowest BCUT2D eigenvalue weighted by Gasteiger charge is -2.08. The van der Waals surface area contributed by atoms with E-state index in [2.05, 4.69) is 9.97 Å². The summed E-state index contributed by atoms with van der Waals surface area (Å²) in [6.07, 6.45) is 4.85. The van der Waals surface area contributed by atoms with E-state index in [9.17, 15) is 13.2 Å². The highest BCUT2D eigenvalue weighted by Gasteiger charge is 2.22. The highest BCUT2D eigenvalue weighted by Crippen LogP contribution is 2.27. The van der Waals surface area contributed by atoms with E-state index in [1.165, 1.54) is 57.0 Å². The number of carbonyl (C=O) groups is 1. The van der Waals surface area contributed by atoms with Crippen LogP contribution in [0.4, 0.5) is 0 Å². The predicted molar refractivity (Wildman–Crippen MR) is 96.3 cm³/mol. The van der Waals surface area contributed by atoms with Crippen LogP contribution in [0.2, 0.25) is 0 Å². The second kappa shape index (κ2) is 7.08. The third kappa shape index (κ3) is 3.47. The summed E-state index contributed by atoms with van der Waals surface area (Å²) in [4.78, 5) is 18.9. The van der Waals surface area contributed by atoms with Gasteiger partial charge in [-0.2, -0.15) is 4.98 Å². The van der Waals surface area contributed by atoms with Crippen molar-refractivity contribution < 1.29 is 27.8 Å². The summed E-state index contributed by atoms with van der Waals surface area (Å²) < 4.78 is 37.1. The van der Waals surface area contributed by atoms with E-state index >= 15 is 0 Å². The topological polar surface area (TPSA) is 121 Å². The van der Waals surface area contributed by atoms with Gasteiger partial charge in [-0.1, -0.05) is 0 Å². The van der Waals surface area contributed by atoms with E-state index in [1.807, 2.05) is 0 Å². The fraction of sp³-hybridized carbons (Fsp3) is 0.118. The standard InChI is InChI=1S/C17H15N3O6S/c1-25-12-4-6-13(7-5-12)27(23,24)20-10-11(3-8-15(21)22)14-9-18-17(26-2)19-16(14)20/h3-10H,1-2H3,(H,21,22)/b8-3-. The number of hydrogen-bond acceptors (Lipinski definition) is 7. The molecule has 0 aliphatic carbocycles. The SMILES string of the molecule is COc1ccc(S(=O)(=O)n2cc(/C=C\C(=O)O)c3cnc(OC)nc32)cc1. The van der Waals surface area contributed by atoms with Crippen molar-refractivity contribution >= 4 is 33.1 Å². The highest BCUT2D eigenvalue weighted by molar-refractivity contribution is 7.90. The van der Waals surface area contributed by atoms with Gasteiger partial charge in [0.25, 0.3) is 10.0 Å². The quantitative estimate of drug-likeness (QED) is 0.634. The number of rotatable bonds is 6. The average molecular weight is 389 g/mol. The van der Waals surface area contributed by atoms with Crippen LogP contribution in [0.5, 0.6) is 11.8 Å². The molecule has 2 heterocycles. The summed E-state index contributed by atoms with van der Waals surface area (Å²) >= 11 is 0. The summed E-state index contributed by atoms with van der Waals surface area (Å²) in [7, 11) is -1.16. The Hall–Kier alpha value is -3.40. The molecule has 0 unspecified atom stereocenters. The van der Waals surface area contributed by atoms with Crippen LogP contribution < -0.4 is 9.47 Å². The predicted octanol–water partition coefficient (Wildman–Crippen LogP) is 1.78. The first-order chi connectivity index (χ1) is 12.9. The lowest BCUT2D eigenvalue weighted by atomic mass is 10.2. The molecule has 10 heteroatoms. The lowest BCUT2D eigenvalue weighted by molar-refractivity contribution is -0.131. The maximum absolute atomic E-state index is 13.1. The molecule has 0 atom stereocenters. The number of hydrogen-bond donors (Lipinski definition) is 1. The normalized spacial score (nSPS) is 11.8. The Morgan fingerprint density at radius 3 is 2.48 bits per heavy atom. The van der Waals surface area contributed by atoms with Crippen LogP contribution in [0.15, 0.2) is 47.6 Å². The van der Waals surface area contributed by atoms with Crippen LogP contribution in [0, 0.1) is 0 Å². The molecule has 0 bridgehead atoms. The zero-order valence-corrected chi connectivity index (χ0v) is 15.2. The maximum atomic E-state index is 13.1. The van der Waals surface area contributed by atoms with Gasteiger partial charge in [0.15, 0.2) is 5.65 Å². The van der Waals surface area contributed by atoms with Crippen molar-refractivity contribution in [2.45, 2.75) is 4.90 Å². The van der Waals surface area contributed by atoms with Gasteiger partial charge in [0.1, 0.15) is 5.75 Å². The number of fused-ring (bicyclic) bond motifs is 1. The molecule has 2 aromatic heterocycles. The van der Waals surface area contributed by atoms with Crippen LogP contribution in [-0.2, 0) is 14.8 Å². The molecule has 0 saturated heterocycles. The minimum absolute atomic E-state index is 0.0134. The molecule has 140 valence electrons. The fourth-order valence-corrected chi connectivity index (χ4v) is 3.75. The largest absolute Gasteiger partial charge is 0.497 e. The van der Waals surface area contributed by atoms with E-state index in [-0.39, 0.29) is 16.6 Å². The molecule has 0 saturated carbocycles. The van der Waals surface area contributed by atoms with E-state index in [1.54, 1.807) is 0 Å². The minimum Gasteiger partial charge on any atom is -0.497 e. The number of benzene rings is 1. The van der Waals surface area contributed by atoms with Gasteiger partial charge in [0.2, 0.25) is 0 Å². The van der Waals surface area contributed by atoms with Crippen molar-refractivity contribution in [2.75, 3.05) is 14.2 Å². The van der Waals surface area contributed by atoms with Gasteiger partial charge in [0.05, 0.1) is 19.1 Å². The first kappa shape index (κ1) is 18.4. The third-order valence-corrected chi connectivity index (χ3v) is 5.39. The Kier molecular flexibility index (Phi) is 4.82. The van der Waals surface area contributed by atoms with Crippen molar-refractivity contribution in [3.63, 3.8) is 0 Å². The molecular weight excluding hydrogens is 374 g/mol. The summed E-state index contributed by atoms with van der Waals surface area (Å²) in [6.45, 7) is 0. The fourth-order valence-electron chi connectivity index (χ4n) is 2.42. The molecule has 0 amide bonds. The molecule has 0 radical (unpaired) electrons. The summed E-state index contributed by atoms with van der Waals surface area (Å²) in [5.41, 5.74) is 0.412. The van der Waals surface area contributed by atoms with Gasteiger partial charge in [-0.3, -0.25) is 0 Å². The number of carboxylic acid groups (broad SMARTS) is 1. The van der Waals surface area contributed by atoms with Gasteiger partial charge in [-0.15, -0.1) is 0 Å². The number of carboxylic acids is 1. The minimum atomic E-state index is -4.00. The smallest absolute Gasteiger partial charge is 0.328 e. The third-order valence-electron chi connectivity index (χ3n) is 3.73. The molecular formula is C17H15N3O6S. The number of aromatic nitrogens is 3. The molecule has 1 aromatic carbocycles. The zero-order chi connectivity index (χ0) is 19.6. The van der Waals surface area contributed by atoms with Gasteiger partial charge in [0, 0.05) is 29.4 Å². The van der Waals surface area contributed by atoms with E-state index in [0.717, 1.165) is 10.0 Å². The summed E-state index contributed by atoms with van der Waals surface area (Å²) in [5, 5.41) is 9.21. The van der Waals surface area contributed by atoms with E-state index < -0.39 is 16.0 Å². The summed E-state index contributed by atoms with van der Waals surface area (Å²) in [6, 6.07) is 5.86. The van der Waals surface area contributed by atoms with Gasteiger partial charge in [-0.25, -0.2) is 22.2 Å². The van der Waals surface area contributed by atoms with Crippen molar-refractivity contribution in [1.29, 1.82) is 0 Å².